The summed E-state index contributed by atoms with van der Waals surface area (Å²) in [4.78, 5) is 40.3. The van der Waals surface area contributed by atoms with Crippen molar-refractivity contribution in [2.24, 2.45) is 0 Å². The summed E-state index contributed by atoms with van der Waals surface area (Å²) >= 11 is 0. The minimum atomic E-state index is -0.435. The molecule has 0 spiro atoms. The fraction of sp³-hybridized carbons (Fsp3) is 0.571. The van der Waals surface area contributed by atoms with Crippen LogP contribution in [0.5, 0.6) is 5.75 Å². The molecule has 0 bridgehead atoms. The van der Waals surface area contributed by atoms with Gasteiger partial charge in [0, 0.05) is 24.7 Å². The molecular weight excluding hydrogens is 374 g/mol. The third-order valence-electron chi connectivity index (χ3n) is 5.35. The van der Waals surface area contributed by atoms with Crippen LogP contribution in [-0.4, -0.2) is 86.0 Å². The molecule has 1 aromatic rings. The summed E-state index contributed by atoms with van der Waals surface area (Å²) in [7, 11) is 0. The van der Waals surface area contributed by atoms with E-state index in [4.69, 9.17) is 9.47 Å². The van der Waals surface area contributed by atoms with Crippen molar-refractivity contribution in [1.29, 1.82) is 0 Å². The number of esters is 1. The molecule has 8 nitrogen and oxygen atoms in total. The van der Waals surface area contributed by atoms with Gasteiger partial charge in [-0.15, -0.1) is 0 Å². The quantitative estimate of drug-likeness (QED) is 0.505. The molecule has 29 heavy (non-hydrogen) atoms. The summed E-state index contributed by atoms with van der Waals surface area (Å²) in [6, 6.07) is 7.05. The monoisotopic (exact) mass is 403 g/mol. The van der Waals surface area contributed by atoms with Crippen LogP contribution in [0.2, 0.25) is 0 Å². The van der Waals surface area contributed by atoms with Gasteiger partial charge in [-0.05, 0) is 57.1 Å². The molecule has 0 aliphatic carbocycles. The number of nitrogens with zero attached hydrogens (tertiary/aromatic N) is 2. The molecule has 1 amide bonds. The van der Waals surface area contributed by atoms with Crippen molar-refractivity contribution < 1.29 is 23.9 Å². The number of ether oxygens (including phenoxy) is 2. The van der Waals surface area contributed by atoms with E-state index >= 15 is 0 Å². The van der Waals surface area contributed by atoms with Gasteiger partial charge in [-0.25, -0.2) is 4.79 Å². The van der Waals surface area contributed by atoms with Crippen molar-refractivity contribution in [2.45, 2.75) is 25.8 Å². The van der Waals surface area contributed by atoms with E-state index in [1.54, 1.807) is 36.1 Å². The number of rotatable bonds is 8. The lowest BCUT2D eigenvalue weighted by Crippen LogP contribution is -2.56. The van der Waals surface area contributed by atoms with Gasteiger partial charge in [-0.2, -0.15) is 0 Å². The zero-order valence-corrected chi connectivity index (χ0v) is 16.9. The van der Waals surface area contributed by atoms with E-state index in [0.717, 1.165) is 32.5 Å². The van der Waals surface area contributed by atoms with E-state index in [-0.39, 0.29) is 24.8 Å². The van der Waals surface area contributed by atoms with E-state index < -0.39 is 5.97 Å². The van der Waals surface area contributed by atoms with Crippen LogP contribution >= 0.6 is 0 Å². The number of amides is 1. The maximum Gasteiger partial charge on any atom is 0.344 e. The van der Waals surface area contributed by atoms with Crippen molar-refractivity contribution >= 4 is 17.7 Å². The third-order valence-corrected chi connectivity index (χ3v) is 5.35. The van der Waals surface area contributed by atoms with Crippen LogP contribution in [0.25, 0.3) is 0 Å². The molecule has 2 aliphatic rings. The molecule has 158 valence electrons. The van der Waals surface area contributed by atoms with Crippen molar-refractivity contribution in [3.8, 4) is 5.75 Å². The number of benzene rings is 1. The SMILES string of the molecule is CCOC(=O)COc1ccc(C(=O)CN2CCN(C3CCNCC3)CC2=O)cc1. The molecule has 0 radical (unpaired) electrons. The van der Waals surface area contributed by atoms with Crippen LogP contribution in [0.1, 0.15) is 30.1 Å². The van der Waals surface area contributed by atoms with Gasteiger partial charge in [-0.1, -0.05) is 0 Å². The van der Waals surface area contributed by atoms with Gasteiger partial charge in [0.15, 0.2) is 12.4 Å². The number of piperazine rings is 1. The van der Waals surface area contributed by atoms with Crippen LogP contribution in [0.15, 0.2) is 24.3 Å². The van der Waals surface area contributed by atoms with Crippen LogP contribution in [0, 0.1) is 0 Å². The van der Waals surface area contributed by atoms with E-state index in [1.165, 1.54) is 0 Å². The minimum Gasteiger partial charge on any atom is -0.482 e. The Balaban J connectivity index is 1.47. The Hall–Kier alpha value is -2.45. The van der Waals surface area contributed by atoms with Gasteiger partial charge in [0.05, 0.1) is 19.7 Å². The number of carbonyl (C=O) groups excluding carboxylic acids is 3. The summed E-state index contributed by atoms with van der Waals surface area (Å²) in [5, 5.41) is 3.34. The number of hydrogen-bond donors (Lipinski definition) is 1. The fourth-order valence-electron chi connectivity index (χ4n) is 3.72. The highest BCUT2D eigenvalue weighted by molar-refractivity contribution is 5.99. The van der Waals surface area contributed by atoms with Crippen LogP contribution in [-0.2, 0) is 14.3 Å². The molecule has 1 N–H and O–H groups in total. The maximum absolute atomic E-state index is 12.6. The topological polar surface area (TPSA) is 88.2 Å². The molecule has 2 heterocycles. The van der Waals surface area contributed by atoms with E-state index in [1.807, 2.05) is 0 Å². The molecule has 2 aliphatic heterocycles. The third kappa shape index (κ3) is 6.01. The predicted molar refractivity (Wildman–Crippen MR) is 107 cm³/mol. The highest BCUT2D eigenvalue weighted by Gasteiger charge is 2.30. The fourth-order valence-corrected chi connectivity index (χ4v) is 3.72. The normalized spacial score (nSPS) is 18.5. The van der Waals surface area contributed by atoms with Crippen molar-refractivity contribution in [1.82, 2.24) is 15.1 Å². The molecule has 3 rings (SSSR count). The molecular formula is C21H29N3O5. The molecule has 8 heteroatoms. The van der Waals surface area contributed by atoms with Gasteiger partial charge >= 0.3 is 5.97 Å². The minimum absolute atomic E-state index is 0.0116. The van der Waals surface area contributed by atoms with E-state index in [2.05, 4.69) is 10.2 Å². The number of Topliss-reactive ketones (excluding diaryl/α,β-unsaturated/α-hetero) is 1. The lowest BCUT2D eigenvalue weighted by molar-refractivity contribution is -0.145. The van der Waals surface area contributed by atoms with Crippen molar-refractivity contribution in [3.05, 3.63) is 29.8 Å². The first kappa shape index (κ1) is 21.3. The van der Waals surface area contributed by atoms with E-state index in [0.29, 0.717) is 37.1 Å². The summed E-state index contributed by atoms with van der Waals surface area (Å²) in [5.41, 5.74) is 0.516. The first-order valence-corrected chi connectivity index (χ1v) is 10.2. The predicted octanol–water partition coefficient (Wildman–Crippen LogP) is 0.707. The van der Waals surface area contributed by atoms with E-state index in [9.17, 15) is 14.4 Å². The second kappa shape index (κ2) is 10.4. The molecule has 0 aromatic heterocycles. The van der Waals surface area contributed by atoms with Crippen LogP contribution in [0.3, 0.4) is 0 Å². The standard InChI is InChI=1S/C21H29N3O5/c1-2-28-21(27)15-29-18-5-3-16(4-6-18)19(25)13-24-12-11-23(14-20(24)26)17-7-9-22-10-8-17/h3-6,17,22H,2,7-15H2,1H3. The summed E-state index contributed by atoms with van der Waals surface area (Å²) < 4.78 is 10.1. The zero-order valence-electron chi connectivity index (χ0n) is 16.9. The average Bonchev–Trinajstić information content (AvgIpc) is 2.75. The molecule has 0 atom stereocenters. The van der Waals surface area contributed by atoms with Gasteiger partial charge < -0.3 is 19.7 Å². The Morgan fingerprint density at radius 2 is 1.86 bits per heavy atom. The Kier molecular flexibility index (Phi) is 7.60. The largest absolute Gasteiger partial charge is 0.482 e. The van der Waals surface area contributed by atoms with Crippen molar-refractivity contribution in [3.63, 3.8) is 0 Å². The van der Waals surface area contributed by atoms with Crippen LogP contribution < -0.4 is 10.1 Å². The number of carbonyl (C=O) groups is 3. The molecule has 0 unspecified atom stereocenters. The Bertz CT molecular complexity index is 716. The summed E-state index contributed by atoms with van der Waals surface area (Å²) in [6.45, 7) is 5.72. The lowest BCUT2D eigenvalue weighted by atomic mass is 10.0. The second-order valence-corrected chi connectivity index (χ2v) is 7.31. The van der Waals surface area contributed by atoms with Gasteiger partial charge in [-0.3, -0.25) is 14.5 Å². The molecule has 1 aromatic carbocycles. The van der Waals surface area contributed by atoms with Crippen molar-refractivity contribution in [2.75, 3.05) is 52.5 Å². The highest BCUT2D eigenvalue weighted by atomic mass is 16.6. The van der Waals surface area contributed by atoms with Gasteiger partial charge in [0.25, 0.3) is 0 Å². The zero-order chi connectivity index (χ0) is 20.6. The highest BCUT2D eigenvalue weighted by Crippen LogP contribution is 2.17. The lowest BCUT2D eigenvalue weighted by Gasteiger charge is -2.40. The molecule has 2 saturated heterocycles. The number of nitrogens with one attached hydrogen (secondary N) is 1. The van der Waals surface area contributed by atoms with Gasteiger partial charge in [0.1, 0.15) is 5.75 Å². The summed E-state index contributed by atoms with van der Waals surface area (Å²) in [5.74, 6) is -0.0424. The van der Waals surface area contributed by atoms with Crippen LogP contribution in [0.4, 0.5) is 0 Å². The smallest absolute Gasteiger partial charge is 0.344 e. The first-order valence-electron chi connectivity index (χ1n) is 10.2. The Labute approximate surface area is 171 Å². The number of hydrogen-bond acceptors (Lipinski definition) is 7. The Morgan fingerprint density at radius 1 is 1.14 bits per heavy atom. The number of ketones is 1. The molecule has 0 saturated carbocycles. The first-order chi connectivity index (χ1) is 14.1. The van der Waals surface area contributed by atoms with Gasteiger partial charge in [0.2, 0.25) is 5.91 Å². The maximum atomic E-state index is 12.6. The summed E-state index contributed by atoms with van der Waals surface area (Å²) in [6.07, 6.45) is 2.13. The Morgan fingerprint density at radius 3 is 2.52 bits per heavy atom. The average molecular weight is 403 g/mol. The molecule has 2 fully saturated rings. The number of piperidine rings is 1. The second-order valence-electron chi connectivity index (χ2n) is 7.31.